The van der Waals surface area contributed by atoms with Crippen molar-refractivity contribution < 1.29 is 101 Å². The molecule has 6 aromatic rings. The van der Waals surface area contributed by atoms with E-state index in [0.29, 0.717) is 0 Å². The Bertz CT molecular complexity index is 1800. The molecule has 0 amide bonds. The number of aliphatic hydroxyl groups is 2. The van der Waals surface area contributed by atoms with Crippen molar-refractivity contribution in [1.82, 2.24) is 19.9 Å². The van der Waals surface area contributed by atoms with Gasteiger partial charge in [0, 0.05) is 39.0 Å². The minimum absolute atomic E-state index is 0. The van der Waals surface area contributed by atoms with E-state index >= 15 is 0 Å². The van der Waals surface area contributed by atoms with Crippen molar-refractivity contribution in [2.45, 2.75) is 41.5 Å². The first-order valence-corrected chi connectivity index (χ1v) is 17.4. The van der Waals surface area contributed by atoms with Gasteiger partial charge in [-0.1, -0.05) is 59.7 Å². The number of aryl methyl sites for hydroxylation is 6. The number of aliphatic hydroxyl groups excluding tert-OH is 2. The molecule has 0 unspecified atom stereocenters. The molecule has 0 saturated heterocycles. The minimum Gasteiger partial charge on any atom is -0.870 e. The fourth-order valence-electron chi connectivity index (χ4n) is 5.69. The zero-order chi connectivity index (χ0) is 44.1. The molecule has 2 radical (unpaired) electrons. The van der Waals surface area contributed by atoms with Crippen LogP contribution in [0.3, 0.4) is 0 Å². The van der Waals surface area contributed by atoms with Gasteiger partial charge in [0.05, 0.1) is 11.4 Å². The Morgan fingerprint density at radius 3 is 0.703 bits per heavy atom. The van der Waals surface area contributed by atoms with Crippen molar-refractivity contribution in [3.05, 3.63) is 155 Å². The van der Waals surface area contributed by atoms with Gasteiger partial charge in [0.25, 0.3) is 0 Å². The van der Waals surface area contributed by atoms with E-state index in [2.05, 4.69) is 95.5 Å². The molecule has 12 nitrogen and oxygen atoms in total. The van der Waals surface area contributed by atoms with Gasteiger partial charge in [-0.3, -0.25) is 9.80 Å². The molecule has 4 heterocycles. The third-order valence-electron chi connectivity index (χ3n) is 7.23. The Morgan fingerprint density at radius 1 is 0.391 bits per heavy atom. The van der Waals surface area contributed by atoms with Crippen LogP contribution in [0.1, 0.15) is 33.4 Å². The Morgan fingerprint density at radius 2 is 0.562 bits per heavy atom. The van der Waals surface area contributed by atoms with Gasteiger partial charge in [0.15, 0.2) is 0 Å². The van der Waals surface area contributed by atoms with Crippen molar-refractivity contribution in [3.8, 4) is 0 Å². The van der Waals surface area contributed by atoms with E-state index in [4.69, 9.17) is 10.2 Å². The van der Waals surface area contributed by atoms with Gasteiger partial charge in [-0.25, -0.2) is 19.9 Å². The van der Waals surface area contributed by atoms with Gasteiger partial charge in [-0.05, 0) is 112 Å². The number of hydrogen-bond donors (Lipinski definition) is 2. The summed E-state index contributed by atoms with van der Waals surface area (Å²) < 4.78 is 78.0. The summed E-state index contributed by atoms with van der Waals surface area (Å²) in [6.45, 7) is 12.8. The normalized spacial score (nSPS) is 9.28. The molecule has 64 heavy (non-hydrogen) atoms. The predicted octanol–water partition coefficient (Wildman–Crippen LogP) is 9.36. The summed E-state index contributed by atoms with van der Waals surface area (Å²) in [4.78, 5) is 22.3. The summed E-state index contributed by atoms with van der Waals surface area (Å²) in [7, 11) is -10.0. The molecule has 24 heteroatoms. The third-order valence-corrected chi connectivity index (χ3v) is 7.23. The van der Waals surface area contributed by atoms with Crippen molar-refractivity contribution in [1.29, 1.82) is 0 Å². The van der Waals surface area contributed by atoms with Crippen LogP contribution in [-0.4, -0.2) is 69.8 Å². The number of anilines is 6. The van der Waals surface area contributed by atoms with E-state index in [-0.39, 0.29) is 56.0 Å². The van der Waals surface area contributed by atoms with Crippen LogP contribution in [0, 0.1) is 41.5 Å². The average molecular weight is 1020 g/mol. The molecule has 0 fully saturated rings. The fourth-order valence-corrected chi connectivity index (χ4v) is 5.69. The maximum Gasteiger partial charge on any atom is 2.00 e. The fraction of sp³-hybridized carbons (Fsp3) is 0.200. The average Bonchev–Trinajstić information content (AvgIpc) is 3.16. The van der Waals surface area contributed by atoms with E-state index in [1.165, 1.54) is 33.4 Å². The molecule has 2 aromatic carbocycles. The number of halogens is 8. The third kappa shape index (κ3) is 26.0. The van der Waals surface area contributed by atoms with Crippen molar-refractivity contribution in [2.75, 3.05) is 24.0 Å². The smallest absolute Gasteiger partial charge is 0.870 e. The number of benzene rings is 2. The van der Waals surface area contributed by atoms with Crippen molar-refractivity contribution in [2.24, 2.45) is 0 Å². The monoisotopic (exact) mass is 1010 g/mol. The first-order valence-electron chi connectivity index (χ1n) is 17.4. The quantitative estimate of drug-likeness (QED) is 0.0913. The zero-order valence-corrected chi connectivity index (χ0v) is 37.8. The Balaban J connectivity index is -0.000000190. The van der Waals surface area contributed by atoms with Crippen LogP contribution in [0.25, 0.3) is 0 Å². The van der Waals surface area contributed by atoms with Crippen molar-refractivity contribution >= 4 is 49.2 Å². The van der Waals surface area contributed by atoms with Gasteiger partial charge in [-0.15, -0.1) is 0 Å². The van der Waals surface area contributed by atoms with E-state index in [1.807, 2.05) is 97.6 Å². The molecular weight excluding hydrogens is 961 g/mol. The van der Waals surface area contributed by atoms with Gasteiger partial charge in [-0.2, -0.15) is 0 Å². The van der Waals surface area contributed by atoms with E-state index < -0.39 is 14.5 Å². The second-order valence-corrected chi connectivity index (χ2v) is 11.9. The van der Waals surface area contributed by atoms with Crippen LogP contribution in [0.2, 0.25) is 0 Å². The molecule has 0 spiro atoms. The number of nitrogens with zero attached hydrogens (tertiary/aromatic N) is 6. The largest absolute Gasteiger partial charge is 2.00 e. The van der Waals surface area contributed by atoms with Gasteiger partial charge in [0.1, 0.15) is 23.3 Å². The SMILES string of the molecule is CO.CO.Cc1cc(C)c(N(c2ccccn2)c2ccccn2)c(C)c1.Cc1cc(C)c(N(c2ccccn2)c2ccccn2)c(C)c1.F[B-](F)(F)F.F[B-](F)(F)F.[Cu+2].[Cu+2].[OH-].[OH-].[OH3+].[OH3+]. The summed E-state index contributed by atoms with van der Waals surface area (Å²) in [6.07, 6.45) is 7.24. The summed E-state index contributed by atoms with van der Waals surface area (Å²) in [5, 5.41) is 14.0. The minimum atomic E-state index is -6.00. The molecule has 0 aliphatic heterocycles. The van der Waals surface area contributed by atoms with E-state index in [9.17, 15) is 34.5 Å². The summed E-state index contributed by atoms with van der Waals surface area (Å²) in [6, 6.07) is 32.5. The summed E-state index contributed by atoms with van der Waals surface area (Å²) in [5.74, 6) is 3.49. The molecular formula is C40H54B2Cu2F8N6O6+2. The standard InChI is InChI=1S/2C19H19N3.2CH4O.2BF4.2Cu.4H2O/c2*1-14-12-15(2)19(16(3)13-14)22(17-8-4-6-10-20-17)18-9-5-7-11-21-18;2*1-2;2*2-1(3,4)5;;;;;;/h2*4-13H,1-3H3;2*2H,1H3;;;;;4*1H2/q;;;;2*-1;2*+2;;;;. The van der Waals surface area contributed by atoms with Crippen LogP contribution in [-0.2, 0) is 45.1 Å². The summed E-state index contributed by atoms with van der Waals surface area (Å²) in [5.41, 5.74) is 9.68. The molecule has 362 valence electrons. The number of pyridine rings is 4. The van der Waals surface area contributed by atoms with Crippen LogP contribution in [0.15, 0.2) is 122 Å². The number of aromatic nitrogens is 4. The van der Waals surface area contributed by atoms with Gasteiger partial charge < -0.3 is 66.6 Å². The van der Waals surface area contributed by atoms with Crippen LogP contribution in [0.5, 0.6) is 0 Å². The maximum atomic E-state index is 9.75. The Hall–Kier alpha value is -4.99. The Labute approximate surface area is 389 Å². The number of hydrogen-bond acceptors (Lipinski definition) is 10. The van der Waals surface area contributed by atoms with Gasteiger partial charge >= 0.3 is 48.6 Å². The molecule has 0 aliphatic rings. The number of rotatable bonds is 6. The van der Waals surface area contributed by atoms with Crippen LogP contribution < -0.4 is 9.80 Å². The molecule has 6 rings (SSSR count). The second-order valence-electron chi connectivity index (χ2n) is 11.9. The molecule has 10 N–H and O–H groups in total. The summed E-state index contributed by atoms with van der Waals surface area (Å²) >= 11 is 0. The van der Waals surface area contributed by atoms with Crippen LogP contribution in [0.4, 0.5) is 69.2 Å². The topological polar surface area (TPSA) is 224 Å². The zero-order valence-electron chi connectivity index (χ0n) is 36.0. The van der Waals surface area contributed by atoms with E-state index in [1.54, 1.807) is 0 Å². The first-order chi connectivity index (χ1) is 27.3. The maximum absolute atomic E-state index is 9.75. The molecule has 0 aliphatic carbocycles. The van der Waals surface area contributed by atoms with Crippen LogP contribution >= 0.6 is 0 Å². The Kier molecular flexibility index (Phi) is 39.1. The molecule has 4 aromatic heterocycles. The second kappa shape index (κ2) is 35.4. The first kappa shape index (κ1) is 70.7. The van der Waals surface area contributed by atoms with Gasteiger partial charge in [0.2, 0.25) is 0 Å². The molecule has 0 saturated carbocycles. The van der Waals surface area contributed by atoms with E-state index in [0.717, 1.165) is 48.9 Å². The predicted molar refractivity (Wildman–Crippen MR) is 232 cm³/mol. The molecule has 0 bridgehead atoms. The van der Waals surface area contributed by atoms with Crippen molar-refractivity contribution in [3.63, 3.8) is 0 Å². The molecule has 0 atom stereocenters.